The summed E-state index contributed by atoms with van der Waals surface area (Å²) < 4.78 is 0. The van der Waals surface area contributed by atoms with Gasteiger partial charge in [-0.3, -0.25) is 0 Å². The minimum atomic E-state index is 0.554. The molecule has 5 heteroatoms. The number of halogens is 2. The molecule has 2 aromatic rings. The highest BCUT2D eigenvalue weighted by Gasteiger charge is 2.27. The van der Waals surface area contributed by atoms with Crippen molar-refractivity contribution in [2.75, 3.05) is 13.1 Å². The first kappa shape index (κ1) is 15.6. The summed E-state index contributed by atoms with van der Waals surface area (Å²) in [6, 6.07) is 13.6. The van der Waals surface area contributed by atoms with Gasteiger partial charge in [-0.05, 0) is 71.5 Å². The number of hydrogen-bond acceptors (Lipinski definition) is 1. The molecule has 1 aliphatic carbocycles. The fraction of sp³-hybridized carbons (Fsp3) is 0.211. The molecular weight excluding hydrogens is 341 g/mol. The van der Waals surface area contributed by atoms with Crippen molar-refractivity contribution in [2.45, 2.75) is 12.8 Å². The second-order valence-corrected chi connectivity index (χ2v) is 7.05. The molecule has 1 aliphatic heterocycles. The molecule has 0 bridgehead atoms. The molecule has 2 aromatic carbocycles. The fourth-order valence-corrected chi connectivity index (χ4v) is 3.74. The SMILES string of the molecule is NC(=Nc1ccc(Cl)cc1)N1CCC2=C(Cc3ccc(Cl)cc32)C1. The quantitative estimate of drug-likeness (QED) is 0.595. The predicted molar refractivity (Wildman–Crippen MR) is 101 cm³/mol. The zero-order valence-corrected chi connectivity index (χ0v) is 14.6. The highest BCUT2D eigenvalue weighted by molar-refractivity contribution is 6.31. The monoisotopic (exact) mass is 357 g/mol. The summed E-state index contributed by atoms with van der Waals surface area (Å²) in [4.78, 5) is 6.66. The molecule has 3 nitrogen and oxygen atoms in total. The number of nitrogens with two attached hydrogens (primary N) is 1. The number of hydrogen-bond donors (Lipinski definition) is 1. The average Bonchev–Trinajstić information content (AvgIpc) is 2.94. The van der Waals surface area contributed by atoms with Crippen LogP contribution in [0.2, 0.25) is 10.0 Å². The molecule has 0 unspecified atom stereocenters. The van der Waals surface area contributed by atoms with Gasteiger partial charge < -0.3 is 10.6 Å². The van der Waals surface area contributed by atoms with E-state index in [9.17, 15) is 0 Å². The van der Waals surface area contributed by atoms with Gasteiger partial charge in [0.25, 0.3) is 0 Å². The van der Waals surface area contributed by atoms with Crippen LogP contribution in [-0.2, 0) is 6.42 Å². The van der Waals surface area contributed by atoms with Crippen LogP contribution in [0.1, 0.15) is 17.5 Å². The van der Waals surface area contributed by atoms with Gasteiger partial charge in [-0.2, -0.15) is 0 Å². The summed E-state index contributed by atoms with van der Waals surface area (Å²) in [6.45, 7) is 1.69. The lowest BCUT2D eigenvalue weighted by atomic mass is 9.99. The number of rotatable bonds is 1. The van der Waals surface area contributed by atoms with Crippen LogP contribution < -0.4 is 5.73 Å². The highest BCUT2D eigenvalue weighted by atomic mass is 35.5. The minimum absolute atomic E-state index is 0.554. The van der Waals surface area contributed by atoms with Gasteiger partial charge in [0.2, 0.25) is 0 Å². The number of nitrogens with zero attached hydrogens (tertiary/aromatic N) is 2. The maximum Gasteiger partial charge on any atom is 0.196 e. The van der Waals surface area contributed by atoms with E-state index in [1.54, 1.807) is 0 Å². The van der Waals surface area contributed by atoms with Gasteiger partial charge >= 0.3 is 0 Å². The molecule has 24 heavy (non-hydrogen) atoms. The molecule has 2 aliphatic rings. The Hall–Kier alpha value is -1.97. The third kappa shape index (κ3) is 2.90. The van der Waals surface area contributed by atoms with Crippen LogP contribution in [0, 0.1) is 0 Å². The molecule has 0 aromatic heterocycles. The number of benzene rings is 2. The van der Waals surface area contributed by atoms with E-state index in [2.05, 4.69) is 22.0 Å². The number of fused-ring (bicyclic) bond motifs is 2. The van der Waals surface area contributed by atoms with Crippen LogP contribution in [0.15, 0.2) is 53.0 Å². The van der Waals surface area contributed by atoms with E-state index in [0.29, 0.717) is 11.0 Å². The maximum absolute atomic E-state index is 6.23. The lowest BCUT2D eigenvalue weighted by molar-refractivity contribution is 0.440. The van der Waals surface area contributed by atoms with Crippen molar-refractivity contribution < 1.29 is 0 Å². The van der Waals surface area contributed by atoms with Crippen molar-refractivity contribution in [3.63, 3.8) is 0 Å². The van der Waals surface area contributed by atoms with Crippen molar-refractivity contribution in [3.8, 4) is 0 Å². The Labute approximate surface area is 151 Å². The summed E-state index contributed by atoms with van der Waals surface area (Å²) in [7, 11) is 0. The van der Waals surface area contributed by atoms with Gasteiger partial charge in [-0.15, -0.1) is 0 Å². The fourth-order valence-electron chi connectivity index (χ4n) is 3.44. The van der Waals surface area contributed by atoms with Crippen LogP contribution in [-0.4, -0.2) is 23.9 Å². The molecule has 0 atom stereocenters. The summed E-state index contributed by atoms with van der Waals surface area (Å²) in [5.41, 5.74) is 12.6. The molecule has 122 valence electrons. The van der Waals surface area contributed by atoms with E-state index >= 15 is 0 Å². The van der Waals surface area contributed by atoms with Crippen LogP contribution in [0.4, 0.5) is 5.69 Å². The average molecular weight is 358 g/mol. The molecule has 0 spiro atoms. The summed E-state index contributed by atoms with van der Waals surface area (Å²) in [5.74, 6) is 0.554. The van der Waals surface area contributed by atoms with Gasteiger partial charge in [0, 0.05) is 23.1 Å². The van der Waals surface area contributed by atoms with Crippen molar-refractivity contribution in [2.24, 2.45) is 10.7 Å². The molecule has 0 saturated carbocycles. The first-order chi connectivity index (χ1) is 11.6. The molecule has 1 heterocycles. The van der Waals surface area contributed by atoms with E-state index in [1.807, 2.05) is 30.3 Å². The van der Waals surface area contributed by atoms with Gasteiger partial charge in [-0.1, -0.05) is 29.3 Å². The number of aliphatic imine (C=N–C) groups is 1. The van der Waals surface area contributed by atoms with Gasteiger partial charge in [0.1, 0.15) is 0 Å². The Kier molecular flexibility index (Phi) is 3.99. The Bertz CT molecular complexity index is 853. The standard InChI is InChI=1S/C19H17Cl2N3/c20-14-3-5-16(6-4-14)23-19(22)24-8-7-17-13(11-24)9-12-1-2-15(21)10-18(12)17/h1-6,10H,7-9,11H2,(H2,22,23). The number of guanidine groups is 1. The topological polar surface area (TPSA) is 41.6 Å². The highest BCUT2D eigenvalue weighted by Crippen LogP contribution is 2.39. The van der Waals surface area contributed by atoms with Crippen LogP contribution in [0.3, 0.4) is 0 Å². The first-order valence-electron chi connectivity index (χ1n) is 7.94. The Morgan fingerprint density at radius 2 is 1.79 bits per heavy atom. The van der Waals surface area contributed by atoms with Crippen molar-refractivity contribution in [1.82, 2.24) is 4.90 Å². The largest absolute Gasteiger partial charge is 0.369 e. The van der Waals surface area contributed by atoms with Crippen LogP contribution in [0.5, 0.6) is 0 Å². The first-order valence-corrected chi connectivity index (χ1v) is 8.70. The maximum atomic E-state index is 6.23. The second-order valence-electron chi connectivity index (χ2n) is 6.18. The lowest BCUT2D eigenvalue weighted by Gasteiger charge is -2.29. The third-order valence-electron chi connectivity index (χ3n) is 4.64. The Morgan fingerprint density at radius 1 is 1.04 bits per heavy atom. The zero-order valence-electron chi connectivity index (χ0n) is 13.1. The van der Waals surface area contributed by atoms with Crippen molar-refractivity contribution in [1.29, 1.82) is 0 Å². The molecule has 2 N–H and O–H groups in total. The molecule has 0 saturated heterocycles. The van der Waals surface area contributed by atoms with Crippen molar-refractivity contribution >= 4 is 40.4 Å². The van der Waals surface area contributed by atoms with Gasteiger partial charge in [0.15, 0.2) is 5.96 Å². The van der Waals surface area contributed by atoms with Crippen LogP contribution >= 0.6 is 23.2 Å². The smallest absolute Gasteiger partial charge is 0.196 e. The summed E-state index contributed by atoms with van der Waals surface area (Å²) in [6.07, 6.45) is 1.95. The van der Waals surface area contributed by atoms with Crippen LogP contribution in [0.25, 0.3) is 5.57 Å². The lowest BCUT2D eigenvalue weighted by Crippen LogP contribution is -2.41. The summed E-state index contributed by atoms with van der Waals surface area (Å²) in [5, 5.41) is 1.50. The molecule has 0 fully saturated rings. The Morgan fingerprint density at radius 3 is 2.58 bits per heavy atom. The van der Waals surface area contributed by atoms with E-state index in [1.165, 1.54) is 22.3 Å². The normalized spacial score (nSPS) is 17.1. The van der Waals surface area contributed by atoms with Crippen molar-refractivity contribution in [3.05, 3.63) is 69.2 Å². The van der Waals surface area contributed by atoms with E-state index < -0.39 is 0 Å². The molecule has 4 rings (SSSR count). The zero-order chi connectivity index (χ0) is 16.7. The van der Waals surface area contributed by atoms with Gasteiger partial charge in [-0.25, -0.2) is 4.99 Å². The molecular formula is C19H17Cl2N3. The van der Waals surface area contributed by atoms with E-state index in [-0.39, 0.29) is 0 Å². The third-order valence-corrected chi connectivity index (χ3v) is 5.12. The molecule has 0 amide bonds. The van der Waals surface area contributed by atoms with E-state index in [4.69, 9.17) is 28.9 Å². The Balaban J connectivity index is 1.55. The van der Waals surface area contributed by atoms with E-state index in [0.717, 1.165) is 36.6 Å². The molecule has 0 radical (unpaired) electrons. The summed E-state index contributed by atoms with van der Waals surface area (Å²) >= 11 is 12.1. The minimum Gasteiger partial charge on any atom is -0.369 e. The predicted octanol–water partition coefficient (Wildman–Crippen LogP) is 4.66. The van der Waals surface area contributed by atoms with Gasteiger partial charge in [0.05, 0.1) is 5.69 Å². The second kappa shape index (κ2) is 6.15.